The number of thioether (sulfide) groups is 1. The number of rotatable bonds is 9. The van der Waals surface area contributed by atoms with Gasteiger partial charge in [-0.05, 0) is 31.4 Å². The van der Waals surface area contributed by atoms with E-state index in [-0.39, 0.29) is 12.5 Å². The normalized spacial score (nSPS) is 10.4. The van der Waals surface area contributed by atoms with E-state index in [1.54, 1.807) is 11.8 Å². The van der Waals surface area contributed by atoms with Crippen LogP contribution in [0.5, 0.6) is 0 Å². The fraction of sp³-hybridized carbons (Fsp3) is 0.533. The molecule has 1 amide bonds. The van der Waals surface area contributed by atoms with Gasteiger partial charge in [-0.25, -0.2) is 0 Å². The first-order chi connectivity index (χ1) is 9.24. The second-order valence-electron chi connectivity index (χ2n) is 4.54. The summed E-state index contributed by atoms with van der Waals surface area (Å²) in [5.41, 5.74) is 1.21. The fourth-order valence-electron chi connectivity index (χ4n) is 1.73. The van der Waals surface area contributed by atoms with Gasteiger partial charge in [-0.15, -0.1) is 11.8 Å². The van der Waals surface area contributed by atoms with Crippen LogP contribution in [0.25, 0.3) is 0 Å². The van der Waals surface area contributed by atoms with Crippen LogP contribution in [-0.4, -0.2) is 29.9 Å². The van der Waals surface area contributed by atoms with Crippen molar-refractivity contribution in [1.29, 1.82) is 0 Å². The van der Waals surface area contributed by atoms with Crippen molar-refractivity contribution >= 4 is 17.7 Å². The van der Waals surface area contributed by atoms with E-state index < -0.39 is 0 Å². The summed E-state index contributed by atoms with van der Waals surface area (Å²) in [5.74, 6) is 0.567. The third kappa shape index (κ3) is 7.23. The van der Waals surface area contributed by atoms with Crippen molar-refractivity contribution < 1.29 is 9.90 Å². The van der Waals surface area contributed by atoms with E-state index in [1.807, 2.05) is 18.2 Å². The molecule has 1 aromatic carbocycles. The van der Waals surface area contributed by atoms with E-state index in [9.17, 15) is 4.79 Å². The molecule has 0 aliphatic heterocycles. The van der Waals surface area contributed by atoms with Gasteiger partial charge in [0.15, 0.2) is 0 Å². The van der Waals surface area contributed by atoms with Gasteiger partial charge in [0.2, 0.25) is 5.91 Å². The molecule has 106 valence electrons. The van der Waals surface area contributed by atoms with Crippen molar-refractivity contribution in [2.45, 2.75) is 37.5 Å². The van der Waals surface area contributed by atoms with Crippen LogP contribution < -0.4 is 5.32 Å². The van der Waals surface area contributed by atoms with Gasteiger partial charge in [0.1, 0.15) is 0 Å². The topological polar surface area (TPSA) is 49.3 Å². The molecule has 1 aromatic rings. The van der Waals surface area contributed by atoms with E-state index in [4.69, 9.17) is 5.11 Å². The van der Waals surface area contributed by atoms with Gasteiger partial charge in [0.05, 0.1) is 5.75 Å². The highest BCUT2D eigenvalue weighted by atomic mass is 32.2. The lowest BCUT2D eigenvalue weighted by Crippen LogP contribution is -2.26. The Balaban J connectivity index is 2.10. The molecule has 0 bridgehead atoms. The first-order valence-electron chi connectivity index (χ1n) is 6.80. The third-order valence-electron chi connectivity index (χ3n) is 2.86. The number of aliphatic hydroxyl groups excluding tert-OH is 1. The van der Waals surface area contributed by atoms with E-state index in [2.05, 4.69) is 18.3 Å². The van der Waals surface area contributed by atoms with Gasteiger partial charge in [-0.3, -0.25) is 4.79 Å². The molecule has 0 aliphatic carbocycles. The summed E-state index contributed by atoms with van der Waals surface area (Å²) in [4.78, 5) is 12.8. The summed E-state index contributed by atoms with van der Waals surface area (Å²) in [5, 5.41) is 11.6. The molecular weight excluding hydrogens is 258 g/mol. The van der Waals surface area contributed by atoms with Crippen LogP contribution in [0.15, 0.2) is 29.2 Å². The Hall–Kier alpha value is -1.00. The third-order valence-corrected chi connectivity index (χ3v) is 4.04. The Morgan fingerprint density at radius 2 is 1.95 bits per heavy atom. The van der Waals surface area contributed by atoms with Crippen LogP contribution in [0.3, 0.4) is 0 Å². The summed E-state index contributed by atoms with van der Waals surface area (Å²) in [7, 11) is 0. The smallest absolute Gasteiger partial charge is 0.230 e. The Morgan fingerprint density at radius 1 is 1.21 bits per heavy atom. The Morgan fingerprint density at radius 3 is 2.68 bits per heavy atom. The molecule has 0 spiro atoms. The van der Waals surface area contributed by atoms with Crippen molar-refractivity contribution in [2.24, 2.45) is 0 Å². The van der Waals surface area contributed by atoms with E-state index >= 15 is 0 Å². The Kier molecular flexibility index (Phi) is 8.34. The number of amides is 1. The van der Waals surface area contributed by atoms with Crippen molar-refractivity contribution in [2.75, 3.05) is 18.9 Å². The average molecular weight is 281 g/mol. The van der Waals surface area contributed by atoms with Crippen molar-refractivity contribution in [3.05, 3.63) is 29.8 Å². The van der Waals surface area contributed by atoms with Crippen LogP contribution in [0.2, 0.25) is 0 Å². The van der Waals surface area contributed by atoms with Crippen LogP contribution >= 0.6 is 11.8 Å². The second kappa shape index (κ2) is 9.87. The minimum absolute atomic E-state index is 0.0930. The molecule has 0 unspecified atom stereocenters. The number of aliphatic hydroxyl groups is 1. The van der Waals surface area contributed by atoms with E-state index in [1.165, 1.54) is 10.5 Å². The lowest BCUT2D eigenvalue weighted by molar-refractivity contribution is -0.118. The molecule has 2 N–H and O–H groups in total. The van der Waals surface area contributed by atoms with Gasteiger partial charge in [-0.2, -0.15) is 0 Å². The Labute approximate surface area is 119 Å². The first kappa shape index (κ1) is 16.1. The molecule has 0 fully saturated rings. The van der Waals surface area contributed by atoms with Crippen molar-refractivity contribution in [3.8, 4) is 0 Å². The molecule has 19 heavy (non-hydrogen) atoms. The monoisotopic (exact) mass is 281 g/mol. The predicted octanol–water partition coefficient (Wildman–Crippen LogP) is 2.76. The highest BCUT2D eigenvalue weighted by Crippen LogP contribution is 2.21. The zero-order valence-corrected chi connectivity index (χ0v) is 12.3. The Bertz CT molecular complexity index is 382. The summed E-state index contributed by atoms with van der Waals surface area (Å²) < 4.78 is 0. The predicted molar refractivity (Wildman–Crippen MR) is 80.5 cm³/mol. The van der Waals surface area contributed by atoms with Gasteiger partial charge in [-0.1, -0.05) is 31.0 Å². The van der Waals surface area contributed by atoms with Crippen molar-refractivity contribution in [1.82, 2.24) is 5.32 Å². The highest BCUT2D eigenvalue weighted by molar-refractivity contribution is 8.00. The molecule has 4 heteroatoms. The zero-order chi connectivity index (χ0) is 13.9. The summed E-state index contributed by atoms with van der Waals surface area (Å²) in [6.45, 7) is 3.05. The summed E-state index contributed by atoms with van der Waals surface area (Å²) in [6.07, 6.45) is 3.94. The standard InChI is InChI=1S/C15H23NO2S/c1-13-8-4-5-9-14(13)19-12-15(18)16-10-6-2-3-7-11-17/h4-5,8-9,17H,2-3,6-7,10-12H2,1H3,(H,16,18). The minimum atomic E-state index is 0.0930. The van der Waals surface area contributed by atoms with Gasteiger partial charge >= 0.3 is 0 Å². The number of hydrogen-bond donors (Lipinski definition) is 2. The quantitative estimate of drug-likeness (QED) is 0.540. The van der Waals surface area contributed by atoms with E-state index in [0.29, 0.717) is 5.75 Å². The maximum Gasteiger partial charge on any atom is 0.230 e. The second-order valence-corrected chi connectivity index (χ2v) is 5.56. The minimum Gasteiger partial charge on any atom is -0.396 e. The lowest BCUT2D eigenvalue weighted by Gasteiger charge is -2.06. The lowest BCUT2D eigenvalue weighted by atomic mass is 10.2. The van der Waals surface area contributed by atoms with Crippen LogP contribution in [0, 0.1) is 6.92 Å². The first-order valence-corrected chi connectivity index (χ1v) is 7.78. The van der Waals surface area contributed by atoms with Crippen LogP contribution in [0.1, 0.15) is 31.2 Å². The number of aryl methyl sites for hydroxylation is 1. The number of carbonyl (C=O) groups is 1. The molecule has 0 saturated heterocycles. The number of unbranched alkanes of at least 4 members (excludes halogenated alkanes) is 3. The molecule has 0 aliphatic rings. The highest BCUT2D eigenvalue weighted by Gasteiger charge is 2.03. The largest absolute Gasteiger partial charge is 0.396 e. The SMILES string of the molecule is Cc1ccccc1SCC(=O)NCCCCCCO. The number of benzene rings is 1. The molecule has 3 nitrogen and oxygen atoms in total. The van der Waals surface area contributed by atoms with Gasteiger partial charge < -0.3 is 10.4 Å². The fourth-order valence-corrected chi connectivity index (χ4v) is 2.59. The number of carbonyl (C=O) groups excluding carboxylic acids is 1. The zero-order valence-electron chi connectivity index (χ0n) is 11.5. The number of nitrogens with one attached hydrogen (secondary N) is 1. The average Bonchev–Trinajstić information content (AvgIpc) is 2.42. The molecule has 0 atom stereocenters. The molecule has 1 rings (SSSR count). The van der Waals surface area contributed by atoms with Gasteiger partial charge in [0, 0.05) is 18.0 Å². The van der Waals surface area contributed by atoms with Crippen molar-refractivity contribution in [3.63, 3.8) is 0 Å². The van der Waals surface area contributed by atoms with Crippen LogP contribution in [0.4, 0.5) is 0 Å². The molecule has 0 radical (unpaired) electrons. The van der Waals surface area contributed by atoms with Gasteiger partial charge in [0.25, 0.3) is 0 Å². The molecule has 0 heterocycles. The summed E-state index contributed by atoms with van der Waals surface area (Å²) in [6, 6.07) is 8.10. The molecule has 0 saturated carbocycles. The molecule has 0 aromatic heterocycles. The summed E-state index contributed by atoms with van der Waals surface area (Å²) >= 11 is 1.58. The maximum atomic E-state index is 11.6. The number of hydrogen-bond acceptors (Lipinski definition) is 3. The molecular formula is C15H23NO2S. The van der Waals surface area contributed by atoms with Crippen LogP contribution in [-0.2, 0) is 4.79 Å². The maximum absolute atomic E-state index is 11.6. The van der Waals surface area contributed by atoms with E-state index in [0.717, 1.165) is 32.2 Å².